The van der Waals surface area contributed by atoms with Gasteiger partial charge in [0, 0.05) is 29.5 Å². The van der Waals surface area contributed by atoms with Gasteiger partial charge in [0.2, 0.25) is 5.83 Å². The molecule has 36 heavy (non-hydrogen) atoms. The van der Waals surface area contributed by atoms with Crippen molar-refractivity contribution in [2.45, 2.75) is 62.2 Å². The van der Waals surface area contributed by atoms with Crippen LogP contribution in [0.3, 0.4) is 0 Å². The number of halogens is 1. The van der Waals surface area contributed by atoms with Crippen molar-refractivity contribution in [2.24, 2.45) is 5.41 Å². The summed E-state index contributed by atoms with van der Waals surface area (Å²) in [6.45, 7) is 5.00. The number of anilines is 2. The highest BCUT2D eigenvalue weighted by atomic mass is 32.2. The van der Waals surface area contributed by atoms with E-state index in [-0.39, 0.29) is 16.9 Å². The third-order valence-corrected chi connectivity index (χ3v) is 8.94. The molecule has 1 unspecified atom stereocenters. The number of carboxylic acid groups (broad SMARTS) is 1. The number of benzene rings is 2. The highest BCUT2D eigenvalue weighted by Gasteiger charge is 2.39. The van der Waals surface area contributed by atoms with E-state index in [9.17, 15) is 18.5 Å². The minimum Gasteiger partial charge on any atom is -0.508 e. The van der Waals surface area contributed by atoms with Crippen LogP contribution in [0.1, 0.15) is 52.4 Å². The Morgan fingerprint density at radius 2 is 1.83 bits per heavy atom. The maximum absolute atomic E-state index is 13.9. The van der Waals surface area contributed by atoms with Crippen molar-refractivity contribution in [1.29, 1.82) is 0 Å². The molecule has 0 bridgehead atoms. The lowest BCUT2D eigenvalue weighted by atomic mass is 9.79. The van der Waals surface area contributed by atoms with Crippen LogP contribution in [-0.2, 0) is 15.6 Å². The molecule has 2 aromatic rings. The van der Waals surface area contributed by atoms with Crippen LogP contribution in [0.5, 0.6) is 11.5 Å². The second kappa shape index (κ2) is 12.6. The molecule has 0 aliphatic carbocycles. The maximum atomic E-state index is 13.9. The van der Waals surface area contributed by atoms with Crippen molar-refractivity contribution in [3.63, 3.8) is 0 Å². The van der Waals surface area contributed by atoms with Gasteiger partial charge in [0.15, 0.2) is 0 Å². The van der Waals surface area contributed by atoms with E-state index in [1.807, 2.05) is 24.5 Å². The largest absolute Gasteiger partial charge is 0.508 e. The van der Waals surface area contributed by atoms with Crippen LogP contribution in [0.15, 0.2) is 58.3 Å². The topological polar surface area (TPSA) is 87.1 Å². The Kier molecular flexibility index (Phi) is 9.84. The summed E-state index contributed by atoms with van der Waals surface area (Å²) in [4.78, 5) is 14.3. The summed E-state index contributed by atoms with van der Waals surface area (Å²) in [6, 6.07) is 10.5. The fourth-order valence-electron chi connectivity index (χ4n) is 4.56. The lowest BCUT2D eigenvalue weighted by molar-refractivity contribution is -0.134. The van der Waals surface area contributed by atoms with Crippen molar-refractivity contribution >= 4 is 39.9 Å². The number of phenolic OH excluding ortho intramolecular Hbond substituents is 1. The summed E-state index contributed by atoms with van der Waals surface area (Å²) in [6.07, 6.45) is 8.46. The zero-order chi connectivity index (χ0) is 26.3. The second-order valence-electron chi connectivity index (χ2n) is 9.16. The van der Waals surface area contributed by atoms with Crippen molar-refractivity contribution in [1.82, 2.24) is 0 Å². The monoisotopic (exact) mass is 535 g/mol. The molecule has 0 fully saturated rings. The summed E-state index contributed by atoms with van der Waals surface area (Å²) >= 11 is 1.37. The van der Waals surface area contributed by atoms with Crippen LogP contribution in [0.4, 0.5) is 15.8 Å². The average molecular weight is 536 g/mol. The van der Waals surface area contributed by atoms with Gasteiger partial charge >= 0.3 is 5.97 Å². The zero-order valence-corrected chi connectivity index (χ0v) is 22.6. The van der Waals surface area contributed by atoms with Crippen molar-refractivity contribution < 1.29 is 28.3 Å². The number of thioether (sulfide) groups is 1. The summed E-state index contributed by atoms with van der Waals surface area (Å²) in [7, 11) is -1.36. The molecule has 0 radical (unpaired) electrons. The Labute approximate surface area is 219 Å². The van der Waals surface area contributed by atoms with Gasteiger partial charge in [0.05, 0.1) is 26.3 Å². The number of phenols is 1. The Morgan fingerprint density at radius 1 is 1.19 bits per heavy atom. The Bertz CT molecular complexity index is 1110. The van der Waals surface area contributed by atoms with Crippen LogP contribution in [-0.4, -0.2) is 38.9 Å². The van der Waals surface area contributed by atoms with E-state index in [2.05, 4.69) is 18.7 Å². The van der Waals surface area contributed by atoms with E-state index in [0.29, 0.717) is 28.4 Å². The molecule has 1 atom stereocenters. The molecule has 1 aliphatic rings. The third kappa shape index (κ3) is 6.62. The van der Waals surface area contributed by atoms with Crippen LogP contribution in [0.2, 0.25) is 0 Å². The molecule has 3 rings (SSSR count). The molecule has 6 nitrogen and oxygen atoms in total. The first-order valence-corrected chi connectivity index (χ1v) is 14.7. The Morgan fingerprint density at radius 3 is 2.39 bits per heavy atom. The van der Waals surface area contributed by atoms with E-state index in [0.717, 1.165) is 49.9 Å². The van der Waals surface area contributed by atoms with E-state index < -0.39 is 22.6 Å². The van der Waals surface area contributed by atoms with Crippen LogP contribution >= 0.6 is 11.8 Å². The Hall–Kier alpha value is -2.52. The first-order valence-electron chi connectivity index (χ1n) is 12.2. The molecular formula is C27H34FNO5S2. The predicted molar refractivity (Wildman–Crippen MR) is 144 cm³/mol. The summed E-state index contributed by atoms with van der Waals surface area (Å²) in [5.74, 6) is -2.21. The molecule has 0 spiro atoms. The van der Waals surface area contributed by atoms with Crippen molar-refractivity contribution in [3.05, 3.63) is 48.5 Å². The molecule has 9 heteroatoms. The number of rotatable bonds is 11. The number of ether oxygens (including phenoxy) is 1. The molecule has 1 aliphatic heterocycles. The number of nitrogens with zero attached hydrogens (tertiary/aromatic N) is 1. The number of hydrogen-bond donors (Lipinski definition) is 2. The van der Waals surface area contributed by atoms with Gasteiger partial charge in [0.25, 0.3) is 0 Å². The quantitative estimate of drug-likeness (QED) is 0.182. The molecule has 2 aromatic carbocycles. The molecule has 0 saturated carbocycles. The first-order chi connectivity index (χ1) is 17.2. The van der Waals surface area contributed by atoms with E-state index in [1.165, 1.54) is 11.8 Å². The number of carboxylic acids is 1. The lowest BCUT2D eigenvalue weighted by Gasteiger charge is -2.37. The summed E-state index contributed by atoms with van der Waals surface area (Å²) in [5, 5.41) is 18.7. The van der Waals surface area contributed by atoms with Crippen LogP contribution < -0.4 is 9.64 Å². The molecule has 0 aromatic heterocycles. The normalized spacial score (nSPS) is 17.4. The van der Waals surface area contributed by atoms with E-state index in [4.69, 9.17) is 9.84 Å². The van der Waals surface area contributed by atoms with Crippen LogP contribution in [0.25, 0.3) is 0 Å². The van der Waals surface area contributed by atoms with E-state index in [1.54, 1.807) is 18.2 Å². The molecule has 2 N–H and O–H groups in total. The SMILES string of the molecule is CCCCC1(CCCC)CN(c2ccc(O)cc2)c2cc(SC)c(O/C=C(\F)C(=O)O)cc2S(=O)C1. The highest BCUT2D eigenvalue weighted by Crippen LogP contribution is 2.47. The van der Waals surface area contributed by atoms with Gasteiger partial charge < -0.3 is 19.8 Å². The van der Waals surface area contributed by atoms with E-state index >= 15 is 0 Å². The first kappa shape index (κ1) is 28.1. The number of carbonyl (C=O) groups is 1. The lowest BCUT2D eigenvalue weighted by Crippen LogP contribution is -2.37. The molecule has 196 valence electrons. The summed E-state index contributed by atoms with van der Waals surface area (Å²) < 4.78 is 32.9. The highest BCUT2D eigenvalue weighted by molar-refractivity contribution is 7.98. The average Bonchev–Trinajstić information content (AvgIpc) is 2.99. The van der Waals surface area contributed by atoms with Gasteiger partial charge in [-0.05, 0) is 49.4 Å². The minimum atomic E-state index is -1.71. The fourth-order valence-corrected chi connectivity index (χ4v) is 6.83. The predicted octanol–water partition coefficient (Wildman–Crippen LogP) is 7.01. The van der Waals surface area contributed by atoms with Crippen molar-refractivity contribution in [2.75, 3.05) is 23.5 Å². The molecular weight excluding hydrogens is 501 g/mol. The van der Waals surface area contributed by atoms with Gasteiger partial charge in [-0.2, -0.15) is 4.39 Å². The number of fused-ring (bicyclic) bond motifs is 1. The van der Waals surface area contributed by atoms with Gasteiger partial charge in [-0.1, -0.05) is 39.5 Å². The van der Waals surface area contributed by atoms with Gasteiger partial charge in [-0.3, -0.25) is 4.21 Å². The number of hydrogen-bond acceptors (Lipinski definition) is 6. The molecule has 1 heterocycles. The smallest absolute Gasteiger partial charge is 0.368 e. The number of aromatic hydroxyl groups is 1. The Balaban J connectivity index is 2.18. The van der Waals surface area contributed by atoms with Crippen molar-refractivity contribution in [3.8, 4) is 11.5 Å². The standard InChI is InChI=1S/C27H34FNO5S2/c1-4-6-12-27(13-7-5-2)17-29(19-8-10-20(30)11-9-19)22-14-24(35-3)23(15-25(22)36(33)18-27)34-16-21(28)26(31)32/h8-11,14-16,30H,4-7,12-13,17-18H2,1-3H3,(H,31,32)/b21-16-. The second-order valence-corrected chi connectivity index (χ2v) is 11.4. The minimum absolute atomic E-state index is 0.168. The van der Waals surface area contributed by atoms with Crippen LogP contribution in [0, 0.1) is 5.41 Å². The molecule has 0 amide bonds. The van der Waals surface area contributed by atoms with Gasteiger partial charge in [0.1, 0.15) is 17.8 Å². The number of unbranched alkanes of at least 4 members (excludes halogenated alkanes) is 2. The molecule has 0 saturated heterocycles. The van der Waals surface area contributed by atoms with Gasteiger partial charge in [-0.15, -0.1) is 11.8 Å². The zero-order valence-electron chi connectivity index (χ0n) is 21.0. The third-order valence-electron chi connectivity index (χ3n) is 6.49. The van der Waals surface area contributed by atoms with Gasteiger partial charge in [-0.25, -0.2) is 4.79 Å². The maximum Gasteiger partial charge on any atom is 0.368 e. The summed E-state index contributed by atoms with van der Waals surface area (Å²) in [5.41, 5.74) is 1.47. The number of aliphatic carboxylic acids is 1. The fraction of sp³-hybridized carbons (Fsp3) is 0.444.